The average molecular weight is 200 g/mol. The molecule has 3 N–H and O–H groups in total. The number of likely N-dealkylation sites (N-methyl/N-ethyl adjacent to an activating group) is 1. The van der Waals surface area contributed by atoms with Gasteiger partial charge in [0.25, 0.3) is 0 Å². The zero-order chi connectivity index (χ0) is 10.6. The molecule has 3 nitrogen and oxygen atoms in total. The summed E-state index contributed by atoms with van der Waals surface area (Å²) in [5.41, 5.74) is 6.09. The fourth-order valence-electron chi connectivity index (χ4n) is 2.37. The highest BCUT2D eigenvalue weighted by atomic mass is 16.3. The zero-order valence-corrected chi connectivity index (χ0v) is 9.45. The second-order valence-corrected chi connectivity index (χ2v) is 4.74. The van der Waals surface area contributed by atoms with Crippen LogP contribution in [0.3, 0.4) is 0 Å². The van der Waals surface area contributed by atoms with Gasteiger partial charge in [-0.15, -0.1) is 0 Å². The van der Waals surface area contributed by atoms with Crippen LogP contribution < -0.4 is 5.73 Å². The highest BCUT2D eigenvalue weighted by Crippen LogP contribution is 2.21. The number of aliphatic hydroxyl groups excluding tert-OH is 1. The molecule has 0 aromatic carbocycles. The lowest BCUT2D eigenvalue weighted by atomic mass is 9.89. The van der Waals surface area contributed by atoms with Crippen LogP contribution in [0.4, 0.5) is 0 Å². The van der Waals surface area contributed by atoms with E-state index in [1.807, 2.05) is 0 Å². The molecule has 0 radical (unpaired) electrons. The van der Waals surface area contributed by atoms with Crippen molar-refractivity contribution in [1.29, 1.82) is 0 Å². The summed E-state index contributed by atoms with van der Waals surface area (Å²) in [6.07, 6.45) is 4.95. The normalized spacial score (nSPS) is 30.6. The van der Waals surface area contributed by atoms with Gasteiger partial charge in [-0.2, -0.15) is 0 Å². The molecule has 3 heteroatoms. The van der Waals surface area contributed by atoms with Gasteiger partial charge in [-0.1, -0.05) is 19.8 Å². The molecule has 0 amide bonds. The van der Waals surface area contributed by atoms with Gasteiger partial charge in [0, 0.05) is 25.2 Å². The van der Waals surface area contributed by atoms with Crippen LogP contribution in [0, 0.1) is 5.92 Å². The smallest absolute Gasteiger partial charge is 0.0468 e. The molecule has 0 aromatic rings. The summed E-state index contributed by atoms with van der Waals surface area (Å²) < 4.78 is 0. The summed E-state index contributed by atoms with van der Waals surface area (Å²) in [4.78, 5) is 2.32. The predicted octanol–water partition coefficient (Wildman–Crippen LogP) is 0.816. The van der Waals surface area contributed by atoms with Gasteiger partial charge in [-0.25, -0.2) is 0 Å². The van der Waals surface area contributed by atoms with Crippen molar-refractivity contribution in [2.24, 2.45) is 11.7 Å². The quantitative estimate of drug-likeness (QED) is 0.706. The Morgan fingerprint density at radius 1 is 1.43 bits per heavy atom. The van der Waals surface area contributed by atoms with Gasteiger partial charge in [0.15, 0.2) is 0 Å². The maximum Gasteiger partial charge on any atom is 0.0468 e. The Balaban J connectivity index is 2.37. The Bertz CT molecular complexity index is 163. The number of rotatable bonds is 4. The van der Waals surface area contributed by atoms with E-state index in [0.29, 0.717) is 18.0 Å². The molecular formula is C11H24N2O. The molecule has 0 aliphatic heterocycles. The first-order valence-corrected chi connectivity index (χ1v) is 5.71. The van der Waals surface area contributed by atoms with Gasteiger partial charge in [-0.05, 0) is 25.8 Å². The Morgan fingerprint density at radius 3 is 2.64 bits per heavy atom. The Labute approximate surface area is 87.3 Å². The van der Waals surface area contributed by atoms with Crippen molar-refractivity contribution in [3.05, 3.63) is 0 Å². The molecule has 0 heterocycles. The van der Waals surface area contributed by atoms with Crippen molar-refractivity contribution >= 4 is 0 Å². The highest BCUT2D eigenvalue weighted by molar-refractivity contribution is 4.84. The minimum absolute atomic E-state index is 0.270. The second-order valence-electron chi connectivity index (χ2n) is 4.74. The summed E-state index contributed by atoms with van der Waals surface area (Å²) >= 11 is 0. The third kappa shape index (κ3) is 3.23. The lowest BCUT2D eigenvalue weighted by Gasteiger charge is -2.37. The minimum Gasteiger partial charge on any atom is -0.396 e. The molecule has 1 rings (SSSR count). The summed E-state index contributed by atoms with van der Waals surface area (Å²) in [7, 11) is 2.13. The number of nitrogens with zero attached hydrogens (tertiary/aromatic N) is 1. The number of hydrogen-bond acceptors (Lipinski definition) is 3. The highest BCUT2D eigenvalue weighted by Gasteiger charge is 2.25. The molecule has 14 heavy (non-hydrogen) atoms. The van der Waals surface area contributed by atoms with Crippen LogP contribution >= 0.6 is 0 Å². The van der Waals surface area contributed by atoms with Crippen molar-refractivity contribution in [2.75, 3.05) is 20.2 Å². The molecule has 0 spiro atoms. The van der Waals surface area contributed by atoms with E-state index in [4.69, 9.17) is 10.8 Å². The van der Waals surface area contributed by atoms with Crippen LogP contribution in [0.25, 0.3) is 0 Å². The topological polar surface area (TPSA) is 49.5 Å². The lowest BCUT2D eigenvalue weighted by Crippen LogP contribution is -2.49. The molecule has 3 unspecified atom stereocenters. The molecule has 84 valence electrons. The van der Waals surface area contributed by atoms with Crippen molar-refractivity contribution in [3.63, 3.8) is 0 Å². The number of hydrogen-bond donors (Lipinski definition) is 2. The summed E-state index contributed by atoms with van der Waals surface area (Å²) in [5.74, 6) is 0.356. The molecule has 0 bridgehead atoms. The minimum atomic E-state index is 0.270. The van der Waals surface area contributed by atoms with Gasteiger partial charge in [0.1, 0.15) is 0 Å². The summed E-state index contributed by atoms with van der Waals surface area (Å²) in [6, 6.07) is 0.859. The first-order chi connectivity index (χ1) is 6.65. The lowest BCUT2D eigenvalue weighted by molar-refractivity contribution is 0.126. The standard InChI is InChI=1S/C11H24N2O/c1-9(8-14)7-13(2)11-6-4-3-5-10(11)12/h9-11,14H,3-8,12H2,1-2H3. The van der Waals surface area contributed by atoms with Crippen molar-refractivity contribution < 1.29 is 5.11 Å². The zero-order valence-electron chi connectivity index (χ0n) is 9.45. The third-order valence-corrected chi connectivity index (χ3v) is 3.26. The van der Waals surface area contributed by atoms with E-state index in [9.17, 15) is 0 Å². The molecule has 1 saturated carbocycles. The number of aliphatic hydroxyl groups is 1. The van der Waals surface area contributed by atoms with Crippen LogP contribution in [0.15, 0.2) is 0 Å². The molecule has 0 aromatic heterocycles. The van der Waals surface area contributed by atoms with E-state index in [0.717, 1.165) is 13.0 Å². The Morgan fingerprint density at radius 2 is 2.07 bits per heavy atom. The van der Waals surface area contributed by atoms with Crippen LogP contribution in [0.1, 0.15) is 32.6 Å². The summed E-state index contributed by atoms with van der Waals surface area (Å²) in [6.45, 7) is 3.30. The molecule has 0 saturated heterocycles. The number of nitrogens with two attached hydrogens (primary N) is 1. The van der Waals surface area contributed by atoms with E-state index in [-0.39, 0.29) is 6.61 Å². The largest absolute Gasteiger partial charge is 0.396 e. The Hall–Kier alpha value is -0.120. The van der Waals surface area contributed by atoms with E-state index >= 15 is 0 Å². The van der Waals surface area contributed by atoms with Crippen LogP contribution in [-0.2, 0) is 0 Å². The third-order valence-electron chi connectivity index (χ3n) is 3.26. The van der Waals surface area contributed by atoms with Gasteiger partial charge >= 0.3 is 0 Å². The average Bonchev–Trinajstić information content (AvgIpc) is 2.18. The monoisotopic (exact) mass is 200 g/mol. The van der Waals surface area contributed by atoms with Crippen molar-refractivity contribution in [3.8, 4) is 0 Å². The first-order valence-electron chi connectivity index (χ1n) is 5.71. The van der Waals surface area contributed by atoms with Gasteiger partial charge in [0.2, 0.25) is 0 Å². The van der Waals surface area contributed by atoms with E-state index in [2.05, 4.69) is 18.9 Å². The van der Waals surface area contributed by atoms with Crippen LogP contribution in [0.5, 0.6) is 0 Å². The maximum absolute atomic E-state index is 8.99. The molecule has 1 aliphatic carbocycles. The van der Waals surface area contributed by atoms with Crippen LogP contribution in [0.2, 0.25) is 0 Å². The fraction of sp³-hybridized carbons (Fsp3) is 1.00. The predicted molar refractivity (Wildman–Crippen MR) is 59.1 cm³/mol. The molecule has 3 atom stereocenters. The SMILES string of the molecule is CC(CO)CN(C)C1CCCCC1N. The van der Waals surface area contributed by atoms with E-state index in [1.54, 1.807) is 0 Å². The van der Waals surface area contributed by atoms with Crippen molar-refractivity contribution in [2.45, 2.75) is 44.7 Å². The Kier molecular flexibility index (Phi) is 4.85. The maximum atomic E-state index is 8.99. The fourth-order valence-corrected chi connectivity index (χ4v) is 2.37. The van der Waals surface area contributed by atoms with Crippen LogP contribution in [-0.4, -0.2) is 42.3 Å². The van der Waals surface area contributed by atoms with E-state index in [1.165, 1.54) is 19.3 Å². The first kappa shape index (κ1) is 12.0. The molecule has 1 fully saturated rings. The van der Waals surface area contributed by atoms with Gasteiger partial charge in [0.05, 0.1) is 0 Å². The van der Waals surface area contributed by atoms with Crippen molar-refractivity contribution in [1.82, 2.24) is 4.90 Å². The second kappa shape index (κ2) is 5.69. The van der Waals surface area contributed by atoms with Gasteiger partial charge in [-0.3, -0.25) is 0 Å². The van der Waals surface area contributed by atoms with E-state index < -0.39 is 0 Å². The molecular weight excluding hydrogens is 176 g/mol. The van der Waals surface area contributed by atoms with Gasteiger partial charge < -0.3 is 15.7 Å². The summed E-state index contributed by atoms with van der Waals surface area (Å²) in [5, 5.41) is 8.99. The molecule has 1 aliphatic rings.